The van der Waals surface area contributed by atoms with E-state index in [1.165, 1.54) is 12.8 Å². The summed E-state index contributed by atoms with van der Waals surface area (Å²) < 4.78 is 0.880. The molecule has 2 rings (SSSR count). The van der Waals surface area contributed by atoms with Crippen molar-refractivity contribution in [2.75, 3.05) is 6.54 Å². The molecule has 0 atom stereocenters. The molecule has 0 radical (unpaired) electrons. The van der Waals surface area contributed by atoms with Gasteiger partial charge in [-0.05, 0) is 50.8 Å². The maximum atomic E-state index is 12.5. The van der Waals surface area contributed by atoms with Gasteiger partial charge in [-0.25, -0.2) is 0 Å². The molecule has 1 aliphatic carbocycles. The zero-order chi connectivity index (χ0) is 13.3. The largest absolute Gasteiger partial charge is 0.336 e. The van der Waals surface area contributed by atoms with Crippen molar-refractivity contribution in [3.8, 4) is 0 Å². The number of hydrogen-bond acceptors (Lipinski definition) is 1. The third-order valence-corrected chi connectivity index (χ3v) is 4.02. The molecule has 1 aromatic carbocycles. The van der Waals surface area contributed by atoms with Crippen molar-refractivity contribution in [3.05, 3.63) is 33.3 Å². The molecule has 0 bridgehead atoms. The highest BCUT2D eigenvalue weighted by Crippen LogP contribution is 2.31. The molecule has 1 amide bonds. The molecular formula is C14H17BrClNO. The highest BCUT2D eigenvalue weighted by Gasteiger charge is 2.29. The minimum atomic E-state index is 0.0307. The Balaban J connectivity index is 2.23. The number of halogens is 2. The number of carbonyl (C=O) groups excluding carboxylic acids is 1. The van der Waals surface area contributed by atoms with E-state index >= 15 is 0 Å². The second-order valence-corrected chi connectivity index (χ2v) is 6.44. The first-order chi connectivity index (χ1) is 8.49. The van der Waals surface area contributed by atoms with E-state index in [1.54, 1.807) is 12.1 Å². The Hall–Kier alpha value is -0.540. The molecule has 18 heavy (non-hydrogen) atoms. The van der Waals surface area contributed by atoms with Crippen molar-refractivity contribution in [1.82, 2.24) is 4.90 Å². The summed E-state index contributed by atoms with van der Waals surface area (Å²) in [4.78, 5) is 14.5. The van der Waals surface area contributed by atoms with Gasteiger partial charge in [0.05, 0.1) is 10.6 Å². The van der Waals surface area contributed by atoms with Crippen LogP contribution in [-0.2, 0) is 0 Å². The van der Waals surface area contributed by atoms with Gasteiger partial charge in [0, 0.05) is 17.1 Å². The van der Waals surface area contributed by atoms with E-state index in [0.717, 1.165) is 11.0 Å². The van der Waals surface area contributed by atoms with Crippen molar-refractivity contribution in [3.63, 3.8) is 0 Å². The summed E-state index contributed by atoms with van der Waals surface area (Å²) in [6, 6.07) is 5.61. The number of nitrogens with zero attached hydrogens (tertiary/aromatic N) is 1. The van der Waals surface area contributed by atoms with Crippen molar-refractivity contribution in [2.45, 2.75) is 32.7 Å². The number of hydrogen-bond donors (Lipinski definition) is 0. The first-order valence-electron chi connectivity index (χ1n) is 6.25. The molecule has 4 heteroatoms. The van der Waals surface area contributed by atoms with Crippen LogP contribution in [0.25, 0.3) is 0 Å². The van der Waals surface area contributed by atoms with Gasteiger partial charge in [-0.3, -0.25) is 4.79 Å². The smallest absolute Gasteiger partial charge is 0.255 e. The van der Waals surface area contributed by atoms with Gasteiger partial charge in [0.2, 0.25) is 0 Å². The van der Waals surface area contributed by atoms with Crippen LogP contribution < -0.4 is 0 Å². The van der Waals surface area contributed by atoms with Crippen LogP contribution in [0, 0.1) is 5.92 Å². The van der Waals surface area contributed by atoms with Gasteiger partial charge < -0.3 is 4.90 Å². The van der Waals surface area contributed by atoms with Crippen LogP contribution in [0.2, 0.25) is 5.02 Å². The van der Waals surface area contributed by atoms with Crippen LogP contribution in [0.3, 0.4) is 0 Å². The van der Waals surface area contributed by atoms with Crippen molar-refractivity contribution < 1.29 is 4.79 Å². The van der Waals surface area contributed by atoms with E-state index in [9.17, 15) is 4.79 Å². The summed E-state index contributed by atoms with van der Waals surface area (Å²) in [7, 11) is 0. The number of amides is 1. The summed E-state index contributed by atoms with van der Waals surface area (Å²) in [5, 5.41) is 0.518. The lowest BCUT2D eigenvalue weighted by molar-refractivity contribution is 0.0696. The SMILES string of the molecule is CC(C)N(CC1CC1)C(=O)c1cc(Br)ccc1Cl. The minimum absolute atomic E-state index is 0.0307. The zero-order valence-corrected chi connectivity index (χ0v) is 13.0. The fraction of sp³-hybridized carbons (Fsp3) is 0.500. The van der Waals surface area contributed by atoms with Crippen LogP contribution in [0.1, 0.15) is 37.0 Å². The van der Waals surface area contributed by atoms with Crippen molar-refractivity contribution in [2.24, 2.45) is 5.92 Å². The molecule has 0 heterocycles. The zero-order valence-electron chi connectivity index (χ0n) is 10.6. The average molecular weight is 331 g/mol. The van der Waals surface area contributed by atoms with E-state index in [-0.39, 0.29) is 11.9 Å². The molecule has 1 aliphatic rings. The summed E-state index contributed by atoms with van der Waals surface area (Å²) in [6.45, 7) is 4.94. The first-order valence-corrected chi connectivity index (χ1v) is 7.42. The molecule has 1 fully saturated rings. The average Bonchev–Trinajstić information content (AvgIpc) is 3.12. The Morgan fingerprint density at radius 3 is 2.72 bits per heavy atom. The third kappa shape index (κ3) is 3.27. The Labute approximate surface area is 121 Å². The van der Waals surface area contributed by atoms with Gasteiger partial charge in [-0.1, -0.05) is 27.5 Å². The monoisotopic (exact) mass is 329 g/mol. The highest BCUT2D eigenvalue weighted by molar-refractivity contribution is 9.10. The normalized spacial score (nSPS) is 14.9. The summed E-state index contributed by atoms with van der Waals surface area (Å²) in [5.74, 6) is 0.713. The third-order valence-electron chi connectivity index (χ3n) is 3.19. The minimum Gasteiger partial charge on any atom is -0.336 e. The van der Waals surface area contributed by atoms with Crippen LogP contribution in [0.15, 0.2) is 22.7 Å². The number of carbonyl (C=O) groups is 1. The Kier molecular flexibility index (Phi) is 4.33. The quantitative estimate of drug-likeness (QED) is 0.803. The molecule has 98 valence electrons. The Bertz CT molecular complexity index is 457. The van der Waals surface area contributed by atoms with Crippen LogP contribution >= 0.6 is 27.5 Å². The standard InChI is InChI=1S/C14H17BrClNO/c1-9(2)17(8-10-3-4-10)14(18)12-7-11(15)5-6-13(12)16/h5-7,9-10H,3-4,8H2,1-2H3. The molecule has 0 saturated heterocycles. The van der Waals surface area contributed by atoms with E-state index in [4.69, 9.17) is 11.6 Å². The fourth-order valence-electron chi connectivity index (χ4n) is 1.92. The van der Waals surface area contributed by atoms with Gasteiger partial charge in [-0.15, -0.1) is 0 Å². The highest BCUT2D eigenvalue weighted by atomic mass is 79.9. The molecule has 0 aliphatic heterocycles. The number of rotatable bonds is 4. The fourth-order valence-corrected chi connectivity index (χ4v) is 2.48. The van der Waals surface area contributed by atoms with Gasteiger partial charge in [0.1, 0.15) is 0 Å². The van der Waals surface area contributed by atoms with Crippen LogP contribution in [0.5, 0.6) is 0 Å². The molecule has 0 spiro atoms. The molecule has 0 aromatic heterocycles. The molecule has 1 aromatic rings. The second kappa shape index (κ2) is 5.62. The van der Waals surface area contributed by atoms with Gasteiger partial charge in [0.25, 0.3) is 5.91 Å². The van der Waals surface area contributed by atoms with E-state index in [1.807, 2.05) is 24.8 Å². The lowest BCUT2D eigenvalue weighted by atomic mass is 10.1. The predicted molar refractivity (Wildman–Crippen MR) is 78.0 cm³/mol. The topological polar surface area (TPSA) is 20.3 Å². The number of benzene rings is 1. The molecule has 1 saturated carbocycles. The van der Waals surface area contributed by atoms with Gasteiger partial charge in [0.15, 0.2) is 0 Å². The first kappa shape index (κ1) is 13.9. The molecule has 2 nitrogen and oxygen atoms in total. The second-order valence-electron chi connectivity index (χ2n) is 5.12. The summed E-state index contributed by atoms with van der Waals surface area (Å²) in [5.41, 5.74) is 0.584. The van der Waals surface area contributed by atoms with E-state index < -0.39 is 0 Å². The van der Waals surface area contributed by atoms with Crippen molar-refractivity contribution in [1.29, 1.82) is 0 Å². The summed E-state index contributed by atoms with van der Waals surface area (Å²) in [6.07, 6.45) is 2.48. The maximum Gasteiger partial charge on any atom is 0.255 e. The predicted octanol–water partition coefficient (Wildman–Crippen LogP) is 4.36. The summed E-state index contributed by atoms with van der Waals surface area (Å²) >= 11 is 9.51. The lowest BCUT2D eigenvalue weighted by Crippen LogP contribution is -2.38. The van der Waals surface area contributed by atoms with Crippen LogP contribution in [-0.4, -0.2) is 23.4 Å². The van der Waals surface area contributed by atoms with E-state index in [0.29, 0.717) is 16.5 Å². The maximum absolute atomic E-state index is 12.5. The molecule has 0 unspecified atom stereocenters. The van der Waals surface area contributed by atoms with Crippen LogP contribution in [0.4, 0.5) is 0 Å². The van der Waals surface area contributed by atoms with Gasteiger partial charge in [-0.2, -0.15) is 0 Å². The Morgan fingerprint density at radius 2 is 2.17 bits per heavy atom. The Morgan fingerprint density at radius 1 is 1.50 bits per heavy atom. The molecular weight excluding hydrogens is 314 g/mol. The lowest BCUT2D eigenvalue weighted by Gasteiger charge is -2.27. The van der Waals surface area contributed by atoms with E-state index in [2.05, 4.69) is 15.9 Å². The van der Waals surface area contributed by atoms with Gasteiger partial charge >= 0.3 is 0 Å². The van der Waals surface area contributed by atoms with Crippen molar-refractivity contribution >= 4 is 33.4 Å². The molecule has 0 N–H and O–H groups in total.